The van der Waals surface area contributed by atoms with E-state index in [4.69, 9.17) is 5.73 Å². The number of benzene rings is 2. The average Bonchev–Trinajstić information content (AvgIpc) is 2.69. The number of nitrogen functional groups attached to an aromatic ring is 1. The maximum atomic E-state index is 5.68. The van der Waals surface area contributed by atoms with E-state index in [9.17, 15) is 0 Å². The molecule has 84 valence electrons. The Morgan fingerprint density at radius 3 is 2.53 bits per heavy atom. The second-order valence-electron chi connectivity index (χ2n) is 3.98. The van der Waals surface area contributed by atoms with Gasteiger partial charge in [0.15, 0.2) is 5.82 Å². The van der Waals surface area contributed by atoms with Crippen LogP contribution in [0.15, 0.2) is 42.5 Å². The van der Waals surface area contributed by atoms with Crippen molar-refractivity contribution >= 4 is 16.7 Å². The summed E-state index contributed by atoms with van der Waals surface area (Å²) < 4.78 is 1.57. The minimum atomic E-state index is 0.424. The van der Waals surface area contributed by atoms with Crippen LogP contribution >= 0.6 is 0 Å². The van der Waals surface area contributed by atoms with Gasteiger partial charge in [0.05, 0.1) is 0 Å². The summed E-state index contributed by atoms with van der Waals surface area (Å²) in [7, 11) is 1.78. The lowest BCUT2D eigenvalue weighted by molar-refractivity contribution is 0.781. The van der Waals surface area contributed by atoms with Crippen molar-refractivity contribution in [3.8, 4) is 11.4 Å². The first-order chi connectivity index (χ1) is 8.24. The molecule has 0 bridgehead atoms. The number of hydrogen-bond acceptors (Lipinski definition) is 3. The Morgan fingerprint density at radius 1 is 1.06 bits per heavy atom. The number of anilines is 1. The maximum Gasteiger partial charge on any atom is 0.218 e. The zero-order chi connectivity index (χ0) is 11.8. The van der Waals surface area contributed by atoms with Crippen molar-refractivity contribution < 1.29 is 0 Å². The van der Waals surface area contributed by atoms with E-state index in [0.29, 0.717) is 11.8 Å². The second-order valence-corrected chi connectivity index (χ2v) is 3.98. The van der Waals surface area contributed by atoms with Crippen LogP contribution in [-0.2, 0) is 7.05 Å². The molecule has 0 aliphatic carbocycles. The van der Waals surface area contributed by atoms with Crippen LogP contribution in [0.1, 0.15) is 0 Å². The quantitative estimate of drug-likeness (QED) is 0.689. The molecule has 0 aliphatic rings. The van der Waals surface area contributed by atoms with Crippen molar-refractivity contribution in [2.45, 2.75) is 0 Å². The molecule has 0 fully saturated rings. The molecule has 17 heavy (non-hydrogen) atoms. The number of rotatable bonds is 1. The largest absolute Gasteiger partial charge is 0.368 e. The molecule has 1 aromatic heterocycles. The lowest BCUT2D eigenvalue weighted by Crippen LogP contribution is -1.97. The number of fused-ring (bicyclic) bond motifs is 1. The molecule has 0 aliphatic heterocycles. The highest BCUT2D eigenvalue weighted by molar-refractivity contribution is 5.86. The third-order valence-corrected chi connectivity index (χ3v) is 2.80. The Kier molecular flexibility index (Phi) is 2.08. The summed E-state index contributed by atoms with van der Waals surface area (Å²) in [5.41, 5.74) is 6.66. The molecule has 0 saturated heterocycles. The number of hydrogen-bond donors (Lipinski definition) is 1. The topological polar surface area (TPSA) is 56.7 Å². The smallest absolute Gasteiger partial charge is 0.218 e. The van der Waals surface area contributed by atoms with E-state index in [1.165, 1.54) is 10.8 Å². The van der Waals surface area contributed by atoms with Crippen molar-refractivity contribution in [1.82, 2.24) is 14.8 Å². The lowest BCUT2D eigenvalue weighted by atomic mass is 10.1. The van der Waals surface area contributed by atoms with Gasteiger partial charge in [-0.3, -0.25) is 0 Å². The van der Waals surface area contributed by atoms with Crippen LogP contribution in [0.25, 0.3) is 22.2 Å². The van der Waals surface area contributed by atoms with Crippen molar-refractivity contribution in [3.63, 3.8) is 0 Å². The summed E-state index contributed by atoms with van der Waals surface area (Å²) in [5, 5.41) is 6.65. The second kappa shape index (κ2) is 3.59. The van der Waals surface area contributed by atoms with Crippen molar-refractivity contribution in [3.05, 3.63) is 42.5 Å². The van der Waals surface area contributed by atoms with Gasteiger partial charge in [0.25, 0.3) is 0 Å². The SMILES string of the molecule is Cn1nc(-c2ccc3ccccc3c2)nc1N. The molecule has 2 N–H and O–H groups in total. The van der Waals surface area contributed by atoms with Crippen molar-refractivity contribution in [2.75, 3.05) is 5.73 Å². The third-order valence-electron chi connectivity index (χ3n) is 2.80. The van der Waals surface area contributed by atoms with E-state index in [-0.39, 0.29) is 0 Å². The minimum absolute atomic E-state index is 0.424. The Balaban J connectivity index is 2.17. The summed E-state index contributed by atoms with van der Waals surface area (Å²) >= 11 is 0. The molecule has 1 heterocycles. The van der Waals surface area contributed by atoms with Gasteiger partial charge < -0.3 is 5.73 Å². The van der Waals surface area contributed by atoms with E-state index in [0.717, 1.165) is 5.56 Å². The highest BCUT2D eigenvalue weighted by Gasteiger charge is 2.06. The molecule has 0 spiro atoms. The minimum Gasteiger partial charge on any atom is -0.368 e. The number of nitrogens with zero attached hydrogens (tertiary/aromatic N) is 3. The first-order valence-corrected chi connectivity index (χ1v) is 5.40. The summed E-state index contributed by atoms with van der Waals surface area (Å²) in [6.07, 6.45) is 0. The van der Waals surface area contributed by atoms with E-state index in [1.807, 2.05) is 18.2 Å². The van der Waals surface area contributed by atoms with E-state index >= 15 is 0 Å². The summed E-state index contributed by atoms with van der Waals surface area (Å²) in [5.74, 6) is 1.09. The van der Waals surface area contributed by atoms with E-state index < -0.39 is 0 Å². The number of nitrogens with two attached hydrogens (primary N) is 1. The van der Waals surface area contributed by atoms with Gasteiger partial charge in [0, 0.05) is 12.6 Å². The first-order valence-electron chi connectivity index (χ1n) is 5.40. The molecule has 0 unspecified atom stereocenters. The van der Waals surface area contributed by atoms with Crippen LogP contribution < -0.4 is 5.73 Å². The molecule has 0 saturated carbocycles. The first kappa shape index (κ1) is 9.84. The fourth-order valence-corrected chi connectivity index (χ4v) is 1.85. The fraction of sp³-hybridized carbons (Fsp3) is 0.0769. The highest BCUT2D eigenvalue weighted by atomic mass is 15.4. The molecule has 4 nitrogen and oxygen atoms in total. The highest BCUT2D eigenvalue weighted by Crippen LogP contribution is 2.22. The Morgan fingerprint density at radius 2 is 1.82 bits per heavy atom. The average molecular weight is 224 g/mol. The Labute approximate surface area is 98.7 Å². The normalized spacial score (nSPS) is 10.9. The summed E-state index contributed by atoms with van der Waals surface area (Å²) in [6, 6.07) is 14.4. The molecule has 2 aromatic carbocycles. The van der Waals surface area contributed by atoms with Crippen molar-refractivity contribution in [2.24, 2.45) is 7.05 Å². The van der Waals surface area contributed by atoms with Gasteiger partial charge in [-0.05, 0) is 16.8 Å². The van der Waals surface area contributed by atoms with Gasteiger partial charge in [-0.2, -0.15) is 4.98 Å². The molecular formula is C13H12N4. The predicted molar refractivity (Wildman–Crippen MR) is 68.4 cm³/mol. The molecule has 0 radical (unpaired) electrons. The van der Waals surface area contributed by atoms with E-state index in [1.54, 1.807) is 11.7 Å². The maximum absolute atomic E-state index is 5.68. The molecule has 0 amide bonds. The zero-order valence-corrected chi connectivity index (χ0v) is 9.46. The Hall–Kier alpha value is -2.36. The zero-order valence-electron chi connectivity index (χ0n) is 9.46. The molecular weight excluding hydrogens is 212 g/mol. The summed E-state index contributed by atoms with van der Waals surface area (Å²) in [6.45, 7) is 0. The van der Waals surface area contributed by atoms with Gasteiger partial charge >= 0.3 is 0 Å². The van der Waals surface area contributed by atoms with Crippen LogP contribution in [0.3, 0.4) is 0 Å². The van der Waals surface area contributed by atoms with Crippen LogP contribution in [0, 0.1) is 0 Å². The monoisotopic (exact) mass is 224 g/mol. The number of aromatic nitrogens is 3. The number of aryl methyl sites for hydroxylation is 1. The molecule has 3 rings (SSSR count). The Bertz CT molecular complexity index is 665. The van der Waals surface area contributed by atoms with Crippen LogP contribution in [0.4, 0.5) is 5.95 Å². The molecule has 3 aromatic rings. The van der Waals surface area contributed by atoms with Crippen LogP contribution in [0.5, 0.6) is 0 Å². The van der Waals surface area contributed by atoms with Crippen LogP contribution in [0.2, 0.25) is 0 Å². The standard InChI is InChI=1S/C13H12N4/c1-17-13(14)15-12(16-17)11-7-6-9-4-2-3-5-10(9)8-11/h2-8H,1H3,(H2,14,15,16). The molecule has 4 heteroatoms. The van der Waals surface area contributed by atoms with Gasteiger partial charge in [-0.25, -0.2) is 4.68 Å². The molecule has 0 atom stereocenters. The lowest BCUT2D eigenvalue weighted by Gasteiger charge is -1.99. The van der Waals surface area contributed by atoms with Crippen molar-refractivity contribution in [1.29, 1.82) is 0 Å². The third kappa shape index (κ3) is 1.63. The van der Waals surface area contributed by atoms with E-state index in [2.05, 4.69) is 34.3 Å². The van der Waals surface area contributed by atoms with Gasteiger partial charge in [-0.15, -0.1) is 5.10 Å². The van der Waals surface area contributed by atoms with Gasteiger partial charge in [0.2, 0.25) is 5.95 Å². The predicted octanol–water partition coefficient (Wildman–Crippen LogP) is 2.22. The summed E-state index contributed by atoms with van der Waals surface area (Å²) in [4.78, 5) is 4.22. The van der Waals surface area contributed by atoms with Crippen LogP contribution in [-0.4, -0.2) is 14.8 Å². The van der Waals surface area contributed by atoms with Gasteiger partial charge in [-0.1, -0.05) is 36.4 Å². The van der Waals surface area contributed by atoms with Gasteiger partial charge in [0.1, 0.15) is 0 Å². The fourth-order valence-electron chi connectivity index (χ4n) is 1.85.